The molecule has 0 radical (unpaired) electrons. The molecule has 0 saturated carbocycles. The van der Waals surface area contributed by atoms with E-state index in [1.165, 1.54) is 13.8 Å². The fraction of sp³-hybridized carbons (Fsp3) is 0.750. The lowest BCUT2D eigenvalue weighted by Gasteiger charge is -2.21. The third-order valence-electron chi connectivity index (χ3n) is 1.03. The van der Waals surface area contributed by atoms with Crippen LogP contribution in [-0.2, 0) is 9.59 Å². The van der Waals surface area contributed by atoms with Gasteiger partial charge in [0.25, 0.3) is 0 Å². The fourth-order valence-corrected chi connectivity index (χ4v) is 0.413. The Labute approximate surface area is 83.9 Å². The number of carbonyl (C=O) groups excluding carboxylic acids is 1. The van der Waals surface area contributed by atoms with E-state index >= 15 is 0 Å². The summed E-state index contributed by atoms with van der Waals surface area (Å²) in [5, 5.41) is 8.34. The maximum Gasteiger partial charge on any atom is 0.321 e. The molecule has 0 aliphatic rings. The molecule has 0 aromatic heterocycles. The molecule has 0 aliphatic heterocycles. The van der Waals surface area contributed by atoms with Crippen LogP contribution in [0.1, 0.15) is 27.7 Å². The Morgan fingerprint density at radius 2 is 1.62 bits per heavy atom. The third kappa shape index (κ3) is 11.5. The lowest BCUT2D eigenvalue weighted by atomic mass is 10.1. The van der Waals surface area contributed by atoms with E-state index < -0.39 is 16.8 Å². The summed E-state index contributed by atoms with van der Waals surface area (Å²) < 4.78 is -0.647. The Morgan fingerprint density at radius 3 is 1.62 bits per heavy atom. The quantitative estimate of drug-likeness (QED) is 0.582. The van der Waals surface area contributed by atoms with Crippen molar-refractivity contribution in [3.8, 4) is 0 Å². The van der Waals surface area contributed by atoms with Crippen LogP contribution in [0.5, 0.6) is 0 Å². The van der Waals surface area contributed by atoms with Crippen molar-refractivity contribution in [1.29, 1.82) is 0 Å². The van der Waals surface area contributed by atoms with E-state index in [-0.39, 0.29) is 5.78 Å². The van der Waals surface area contributed by atoms with Crippen molar-refractivity contribution in [2.75, 3.05) is 0 Å². The molecule has 0 aromatic rings. The molecule has 0 rings (SSSR count). The number of nitrogens with two attached hydrogens (primary N) is 1. The largest absolute Gasteiger partial charge is 0.480 e. The Kier molecular flexibility index (Phi) is 6.89. The van der Waals surface area contributed by atoms with Crippen LogP contribution < -0.4 is 5.73 Å². The van der Waals surface area contributed by atoms with E-state index in [9.17, 15) is 9.59 Å². The molecule has 0 spiro atoms. The number of carboxylic acid groups (broad SMARTS) is 1. The van der Waals surface area contributed by atoms with Gasteiger partial charge in [-0.3, -0.25) is 4.79 Å². The number of carboxylic acids is 1. The van der Waals surface area contributed by atoms with Gasteiger partial charge in [0.15, 0.2) is 0 Å². The number of hydrogen-bond donors (Lipinski definition) is 3. The second-order valence-corrected chi connectivity index (χ2v) is 4.53. The SMILES string of the molecule is CC(C)(S)C(N)C(=O)O.CC(C)=O. The summed E-state index contributed by atoms with van der Waals surface area (Å²) in [5.41, 5.74) is 5.22. The first kappa shape index (κ1) is 14.9. The van der Waals surface area contributed by atoms with E-state index in [4.69, 9.17) is 10.8 Å². The number of carbonyl (C=O) groups is 2. The first-order valence-corrected chi connectivity index (χ1v) is 4.21. The van der Waals surface area contributed by atoms with Gasteiger partial charge in [0.2, 0.25) is 0 Å². The van der Waals surface area contributed by atoms with Gasteiger partial charge in [-0.1, -0.05) is 0 Å². The first-order chi connectivity index (χ1) is 5.59. The van der Waals surface area contributed by atoms with Crippen molar-refractivity contribution in [2.24, 2.45) is 5.73 Å². The van der Waals surface area contributed by atoms with E-state index in [0.717, 1.165) is 0 Å². The average molecular weight is 207 g/mol. The van der Waals surface area contributed by atoms with Crippen LogP contribution in [0.4, 0.5) is 0 Å². The van der Waals surface area contributed by atoms with Crippen LogP contribution in [0.15, 0.2) is 0 Å². The van der Waals surface area contributed by atoms with Crippen molar-refractivity contribution in [3.63, 3.8) is 0 Å². The third-order valence-corrected chi connectivity index (χ3v) is 1.31. The molecule has 0 aromatic carbocycles. The van der Waals surface area contributed by atoms with Crippen molar-refractivity contribution < 1.29 is 14.7 Å². The van der Waals surface area contributed by atoms with E-state index in [1.54, 1.807) is 13.8 Å². The molecule has 0 aliphatic carbocycles. The molecule has 0 heterocycles. The van der Waals surface area contributed by atoms with Crippen LogP contribution in [-0.4, -0.2) is 27.6 Å². The minimum Gasteiger partial charge on any atom is -0.480 e. The topological polar surface area (TPSA) is 80.4 Å². The molecule has 5 heteroatoms. The van der Waals surface area contributed by atoms with Gasteiger partial charge in [0, 0.05) is 4.75 Å². The monoisotopic (exact) mass is 207 g/mol. The maximum atomic E-state index is 10.2. The van der Waals surface area contributed by atoms with Gasteiger partial charge in [-0.25, -0.2) is 0 Å². The minimum absolute atomic E-state index is 0.167. The normalized spacial score (nSPS) is 12.5. The summed E-state index contributed by atoms with van der Waals surface area (Å²) in [6.07, 6.45) is 0. The van der Waals surface area contributed by atoms with Gasteiger partial charge < -0.3 is 15.6 Å². The van der Waals surface area contributed by atoms with E-state index in [0.29, 0.717) is 0 Å². The second-order valence-electron chi connectivity index (χ2n) is 3.38. The number of ketones is 1. The van der Waals surface area contributed by atoms with E-state index in [1.807, 2.05) is 0 Å². The standard InChI is InChI=1S/C5H11NO2S.C3H6O/c1-5(2,9)3(6)4(7)8;1-3(2)4/h3,9H,6H2,1-2H3,(H,7,8);1-2H3. The number of thiol groups is 1. The molecule has 1 unspecified atom stereocenters. The fourth-order valence-electron chi connectivity index (χ4n) is 0.302. The van der Waals surface area contributed by atoms with Crippen molar-refractivity contribution in [2.45, 2.75) is 38.5 Å². The average Bonchev–Trinajstić information content (AvgIpc) is 1.82. The molecule has 4 nitrogen and oxygen atoms in total. The highest BCUT2D eigenvalue weighted by molar-refractivity contribution is 7.81. The maximum absolute atomic E-state index is 10.2. The van der Waals surface area contributed by atoms with Crippen molar-refractivity contribution >= 4 is 24.4 Å². The zero-order chi connectivity index (χ0) is 11.2. The summed E-state index contributed by atoms with van der Waals surface area (Å²) in [6, 6.07) is -0.902. The molecule has 1 atom stereocenters. The molecule has 78 valence electrons. The highest BCUT2D eigenvalue weighted by atomic mass is 32.1. The molecular weight excluding hydrogens is 190 g/mol. The highest BCUT2D eigenvalue weighted by Gasteiger charge is 2.27. The van der Waals surface area contributed by atoms with Gasteiger partial charge in [-0.05, 0) is 27.7 Å². The molecular formula is C8H17NO3S. The number of aliphatic carboxylic acids is 1. The van der Waals surface area contributed by atoms with Gasteiger partial charge in [0.05, 0.1) is 0 Å². The Bertz CT molecular complexity index is 182. The van der Waals surface area contributed by atoms with Gasteiger partial charge in [-0.2, -0.15) is 12.6 Å². The van der Waals surface area contributed by atoms with Crippen molar-refractivity contribution in [1.82, 2.24) is 0 Å². The molecule has 0 fully saturated rings. The predicted octanol–water partition coefficient (Wildman–Crippen LogP) is 0.702. The summed E-state index contributed by atoms with van der Waals surface area (Å²) in [4.78, 5) is 19.6. The van der Waals surface area contributed by atoms with Gasteiger partial charge in [0.1, 0.15) is 11.8 Å². The minimum atomic E-state index is -1.02. The van der Waals surface area contributed by atoms with Crippen molar-refractivity contribution in [3.05, 3.63) is 0 Å². The van der Waals surface area contributed by atoms with Gasteiger partial charge >= 0.3 is 5.97 Å². The summed E-state index contributed by atoms with van der Waals surface area (Å²) in [6.45, 7) is 6.38. The molecule has 0 bridgehead atoms. The summed E-state index contributed by atoms with van der Waals surface area (Å²) in [5.74, 6) is -0.852. The molecule has 3 N–H and O–H groups in total. The Balaban J connectivity index is 0. The van der Waals surface area contributed by atoms with Crippen LogP contribution in [0.2, 0.25) is 0 Å². The zero-order valence-electron chi connectivity index (χ0n) is 8.37. The highest BCUT2D eigenvalue weighted by Crippen LogP contribution is 2.15. The molecule has 0 amide bonds. The molecule has 0 saturated heterocycles. The first-order valence-electron chi connectivity index (χ1n) is 3.77. The summed E-state index contributed by atoms with van der Waals surface area (Å²) >= 11 is 3.98. The van der Waals surface area contributed by atoms with Crippen LogP contribution in [0.25, 0.3) is 0 Å². The summed E-state index contributed by atoms with van der Waals surface area (Å²) in [7, 11) is 0. The van der Waals surface area contributed by atoms with Crippen LogP contribution >= 0.6 is 12.6 Å². The van der Waals surface area contributed by atoms with Crippen LogP contribution in [0.3, 0.4) is 0 Å². The smallest absolute Gasteiger partial charge is 0.321 e. The Morgan fingerprint density at radius 1 is 1.38 bits per heavy atom. The van der Waals surface area contributed by atoms with E-state index in [2.05, 4.69) is 12.6 Å². The predicted molar refractivity (Wildman–Crippen MR) is 55.0 cm³/mol. The van der Waals surface area contributed by atoms with Gasteiger partial charge in [-0.15, -0.1) is 0 Å². The second kappa shape index (κ2) is 5.99. The lowest BCUT2D eigenvalue weighted by Crippen LogP contribution is -2.45. The van der Waals surface area contributed by atoms with Crippen LogP contribution in [0, 0.1) is 0 Å². The number of Topliss-reactive ketones (excluding diaryl/α,β-unsaturated/α-hetero) is 1. The Hall–Kier alpha value is -0.550. The molecule has 13 heavy (non-hydrogen) atoms. The number of rotatable bonds is 2. The number of hydrogen-bond acceptors (Lipinski definition) is 4. The lowest BCUT2D eigenvalue weighted by molar-refractivity contribution is -0.139. The zero-order valence-corrected chi connectivity index (χ0v) is 9.26.